The van der Waals surface area contributed by atoms with Crippen LogP contribution in [0.3, 0.4) is 0 Å². The fourth-order valence-electron chi connectivity index (χ4n) is 3.51. The first-order valence-corrected chi connectivity index (χ1v) is 13.3. The van der Waals surface area contributed by atoms with E-state index in [2.05, 4.69) is 5.09 Å². The molecule has 2 unspecified atom stereocenters. The minimum atomic E-state index is -4.33. The normalized spacial score (nSPS) is 26.1. The summed E-state index contributed by atoms with van der Waals surface area (Å²) in [5.74, 6) is 1.47. The second-order valence-electron chi connectivity index (χ2n) is 8.66. The van der Waals surface area contributed by atoms with Gasteiger partial charge in [-0.3, -0.25) is 23.7 Å². The molecule has 1 saturated heterocycles. The maximum Gasteiger partial charge on any atom is 0.459 e. The maximum absolute atomic E-state index is 13.7. The Labute approximate surface area is 218 Å². The number of H-pyrrole nitrogens is 1. The summed E-state index contributed by atoms with van der Waals surface area (Å²) >= 11 is 0. The Morgan fingerprint density at radius 3 is 2.61 bits per heavy atom. The number of carbonyl (C=O) groups excluding carboxylic acids is 1. The molecule has 1 aromatic heterocycles. The molecule has 206 valence electrons. The van der Waals surface area contributed by atoms with E-state index in [0.29, 0.717) is 6.42 Å². The highest BCUT2D eigenvalue weighted by Crippen LogP contribution is 2.46. The van der Waals surface area contributed by atoms with Gasteiger partial charge in [0.15, 0.2) is 11.8 Å². The monoisotopic (exact) mass is 551 g/mol. The van der Waals surface area contributed by atoms with Gasteiger partial charge >= 0.3 is 19.4 Å². The predicted molar refractivity (Wildman–Crippen MR) is 134 cm³/mol. The highest BCUT2D eigenvalue weighted by molar-refractivity contribution is 7.52. The number of hydrogen-bond acceptors (Lipinski definition) is 10. The average molecular weight is 551 g/mol. The quantitative estimate of drug-likeness (QED) is 0.175. The molecule has 2 heterocycles. The molecule has 1 fully saturated rings. The molecule has 0 amide bonds. The number of aliphatic hydroxyl groups is 2. The van der Waals surface area contributed by atoms with E-state index in [-0.39, 0.29) is 11.9 Å². The third-order valence-corrected chi connectivity index (χ3v) is 7.44. The number of para-hydroxylation sites is 1. The van der Waals surface area contributed by atoms with Gasteiger partial charge in [-0.1, -0.05) is 31.0 Å². The third kappa shape index (κ3) is 6.60. The summed E-state index contributed by atoms with van der Waals surface area (Å²) in [6, 6.07) is 7.87. The number of aromatic amines is 1. The number of nitrogens with one attached hydrogen (secondary N) is 2. The number of hydrogen-bond donors (Lipinski definition) is 4. The summed E-state index contributed by atoms with van der Waals surface area (Å²) < 4.78 is 36.5. The molecular weight excluding hydrogens is 521 g/mol. The van der Waals surface area contributed by atoms with Crippen LogP contribution in [0.5, 0.6) is 5.75 Å². The molecule has 0 radical (unpaired) electrons. The van der Waals surface area contributed by atoms with E-state index >= 15 is 0 Å². The van der Waals surface area contributed by atoms with Gasteiger partial charge in [-0.15, -0.1) is 6.42 Å². The van der Waals surface area contributed by atoms with Crippen molar-refractivity contribution >= 4 is 13.7 Å². The van der Waals surface area contributed by atoms with E-state index in [1.807, 2.05) is 17.8 Å². The Kier molecular flexibility index (Phi) is 9.32. The molecule has 38 heavy (non-hydrogen) atoms. The average Bonchev–Trinajstić information content (AvgIpc) is 3.13. The van der Waals surface area contributed by atoms with E-state index in [1.54, 1.807) is 25.1 Å². The number of aromatic nitrogens is 2. The highest BCUT2D eigenvalue weighted by Gasteiger charge is 2.56. The Morgan fingerprint density at radius 2 is 2.00 bits per heavy atom. The van der Waals surface area contributed by atoms with Crippen molar-refractivity contribution in [3.8, 4) is 18.1 Å². The number of nitrogens with zero attached hydrogens (tertiary/aromatic N) is 1. The van der Waals surface area contributed by atoms with E-state index in [1.165, 1.54) is 19.1 Å². The molecule has 1 aliphatic rings. The van der Waals surface area contributed by atoms with Crippen molar-refractivity contribution in [2.24, 2.45) is 0 Å². The molecule has 1 aromatic carbocycles. The lowest BCUT2D eigenvalue weighted by atomic mass is 9.95. The van der Waals surface area contributed by atoms with Gasteiger partial charge < -0.3 is 24.2 Å². The van der Waals surface area contributed by atoms with Crippen LogP contribution in [0.25, 0.3) is 0 Å². The topological polar surface area (TPSA) is 178 Å². The van der Waals surface area contributed by atoms with Gasteiger partial charge in [-0.05, 0) is 32.4 Å². The van der Waals surface area contributed by atoms with Gasteiger partial charge in [0.1, 0.15) is 24.0 Å². The first kappa shape index (κ1) is 29.3. The van der Waals surface area contributed by atoms with Crippen LogP contribution >= 0.6 is 7.75 Å². The fourth-order valence-corrected chi connectivity index (χ4v) is 5.01. The van der Waals surface area contributed by atoms with Crippen molar-refractivity contribution in [2.75, 3.05) is 6.61 Å². The number of carbonyl (C=O) groups is 1. The van der Waals surface area contributed by atoms with Crippen molar-refractivity contribution < 1.29 is 38.1 Å². The Hall–Kier alpha value is -3.24. The van der Waals surface area contributed by atoms with Crippen molar-refractivity contribution in [2.45, 2.75) is 63.4 Å². The first-order valence-electron chi connectivity index (χ1n) is 11.7. The SMILES string of the molecule is C#C[C@]1(O)C(n2ccc(=O)[nH]c2=O)O[C@H](COP(=O)(N[C@@H](C)C(=O)O[C@@H](C)CC)Oc2ccccc2)[C@H]1O. The summed E-state index contributed by atoms with van der Waals surface area (Å²) in [6.45, 7) is 4.30. The Balaban J connectivity index is 1.83. The van der Waals surface area contributed by atoms with Crippen LogP contribution in [0, 0.1) is 12.3 Å². The number of ether oxygens (including phenoxy) is 2. The molecule has 4 N–H and O–H groups in total. The number of terminal acetylenes is 1. The molecule has 1 aliphatic heterocycles. The van der Waals surface area contributed by atoms with Crippen LogP contribution < -0.4 is 20.9 Å². The Bertz CT molecular complexity index is 1320. The molecule has 0 aliphatic carbocycles. The lowest BCUT2D eigenvalue weighted by Gasteiger charge is -2.26. The van der Waals surface area contributed by atoms with Crippen LogP contribution in [0.1, 0.15) is 33.4 Å². The molecule has 0 bridgehead atoms. The van der Waals surface area contributed by atoms with Gasteiger partial charge in [0, 0.05) is 12.3 Å². The molecule has 0 spiro atoms. The minimum absolute atomic E-state index is 0.150. The van der Waals surface area contributed by atoms with Gasteiger partial charge in [-0.25, -0.2) is 9.36 Å². The second-order valence-corrected chi connectivity index (χ2v) is 10.4. The summed E-state index contributed by atoms with van der Waals surface area (Å²) in [5, 5.41) is 24.2. The number of rotatable bonds is 11. The van der Waals surface area contributed by atoms with E-state index in [4.69, 9.17) is 24.9 Å². The Morgan fingerprint density at radius 1 is 1.32 bits per heavy atom. The molecule has 2 aromatic rings. The summed E-state index contributed by atoms with van der Waals surface area (Å²) in [6.07, 6.45) is 1.85. The van der Waals surface area contributed by atoms with Crippen molar-refractivity contribution in [1.29, 1.82) is 0 Å². The second kappa shape index (κ2) is 12.1. The largest absolute Gasteiger partial charge is 0.462 e. The van der Waals surface area contributed by atoms with Crippen molar-refractivity contribution in [3.63, 3.8) is 0 Å². The molecular formula is C24H30N3O10P. The lowest BCUT2D eigenvalue weighted by Crippen LogP contribution is -2.48. The van der Waals surface area contributed by atoms with Crippen LogP contribution in [0.4, 0.5) is 0 Å². The van der Waals surface area contributed by atoms with Gasteiger partial charge in [0.05, 0.1) is 12.7 Å². The summed E-state index contributed by atoms with van der Waals surface area (Å²) in [5.41, 5.74) is -4.06. The molecule has 0 saturated carbocycles. The standard InChI is InChI=1S/C24H30N3O10P/c1-5-15(3)35-21(30)16(4)26-38(33,37-17-10-8-7-9-11-17)34-14-18-20(29)24(32,6-2)22(36-18)27-13-12-19(28)25-23(27)31/h2,7-13,15-16,18,20,22,29,32H,5,14H2,1,3-4H3,(H,26,33)(H,25,28,31)/t15-,16-,18+,20+,22?,24+,38?/m0/s1. The molecule has 3 rings (SSSR count). The van der Waals surface area contributed by atoms with Gasteiger partial charge in [0.2, 0.25) is 0 Å². The van der Waals surface area contributed by atoms with Crippen molar-refractivity contribution in [3.05, 3.63) is 63.4 Å². The van der Waals surface area contributed by atoms with Crippen molar-refractivity contribution in [1.82, 2.24) is 14.6 Å². The third-order valence-electron chi connectivity index (χ3n) is 5.79. The van der Waals surface area contributed by atoms with E-state index in [0.717, 1.165) is 16.8 Å². The molecule has 14 heteroatoms. The lowest BCUT2D eigenvalue weighted by molar-refractivity contribution is -0.150. The van der Waals surface area contributed by atoms with E-state index < -0.39 is 61.7 Å². The van der Waals surface area contributed by atoms with Crippen LogP contribution in [-0.4, -0.2) is 62.3 Å². The fraction of sp³-hybridized carbons (Fsp3) is 0.458. The summed E-state index contributed by atoms with van der Waals surface area (Å²) in [7, 11) is -4.33. The number of aliphatic hydroxyl groups excluding tert-OH is 1. The zero-order valence-corrected chi connectivity index (χ0v) is 21.9. The smallest absolute Gasteiger partial charge is 0.459 e. The zero-order chi connectivity index (χ0) is 28.1. The van der Waals surface area contributed by atoms with Crippen LogP contribution in [-0.2, 0) is 23.4 Å². The zero-order valence-electron chi connectivity index (χ0n) is 21.0. The van der Waals surface area contributed by atoms with Gasteiger partial charge in [0.25, 0.3) is 5.56 Å². The highest BCUT2D eigenvalue weighted by atomic mass is 31.2. The van der Waals surface area contributed by atoms with E-state index in [9.17, 15) is 29.2 Å². The predicted octanol–water partition coefficient (Wildman–Crippen LogP) is 0.683. The number of benzene rings is 1. The molecule has 7 atom stereocenters. The minimum Gasteiger partial charge on any atom is -0.462 e. The van der Waals surface area contributed by atoms with Crippen LogP contribution in [0.15, 0.2) is 52.2 Å². The summed E-state index contributed by atoms with van der Waals surface area (Å²) in [4.78, 5) is 38.1. The molecule has 13 nitrogen and oxygen atoms in total. The maximum atomic E-state index is 13.7. The first-order chi connectivity index (χ1) is 17.9. The van der Waals surface area contributed by atoms with Crippen LogP contribution in [0.2, 0.25) is 0 Å². The van der Waals surface area contributed by atoms with Gasteiger partial charge in [-0.2, -0.15) is 5.09 Å². The number of esters is 1.